The molecule has 0 saturated carbocycles. The maximum absolute atomic E-state index is 5.35. The molecule has 1 radical (unpaired) electrons. The summed E-state index contributed by atoms with van der Waals surface area (Å²) in [6.45, 7) is 9.35. The maximum Gasteiger partial charge on any atom is 0.247 e. The summed E-state index contributed by atoms with van der Waals surface area (Å²) < 4.78 is 10.7. The Kier molecular flexibility index (Phi) is 9.49. The fraction of sp³-hybridized carbons (Fsp3) is 0.727. The van der Waals surface area contributed by atoms with E-state index in [9.17, 15) is 0 Å². The smallest absolute Gasteiger partial charge is 0.247 e. The molecule has 0 rings (SSSR count). The Labute approximate surface area is 81.9 Å². The highest BCUT2D eigenvalue weighted by Crippen LogP contribution is 2.08. The summed E-state index contributed by atoms with van der Waals surface area (Å²) in [4.78, 5) is 0. The molecule has 2 heteroatoms. The average molecular weight is 185 g/mol. The van der Waals surface area contributed by atoms with E-state index in [1.165, 1.54) is 0 Å². The molecule has 2 nitrogen and oxygen atoms in total. The molecule has 0 heterocycles. The van der Waals surface area contributed by atoms with E-state index in [4.69, 9.17) is 9.47 Å². The van der Waals surface area contributed by atoms with Crippen molar-refractivity contribution >= 4 is 0 Å². The van der Waals surface area contributed by atoms with Crippen molar-refractivity contribution < 1.29 is 9.47 Å². The summed E-state index contributed by atoms with van der Waals surface area (Å²) in [5.74, 6) is 0. The molecule has 0 aromatic carbocycles. The minimum absolute atomic E-state index is 0.571. The topological polar surface area (TPSA) is 18.5 Å². The van der Waals surface area contributed by atoms with Crippen molar-refractivity contribution in [3.63, 3.8) is 0 Å². The molecule has 0 spiro atoms. The lowest BCUT2D eigenvalue weighted by Gasteiger charge is -2.12. The van der Waals surface area contributed by atoms with E-state index in [0.717, 1.165) is 38.9 Å². The first-order valence-electron chi connectivity index (χ1n) is 5.10. The molecular formula is C11H21O2. The van der Waals surface area contributed by atoms with Crippen LogP contribution in [-0.2, 0) is 9.47 Å². The number of hydrogen-bond acceptors (Lipinski definition) is 2. The molecule has 0 aliphatic carbocycles. The summed E-state index contributed by atoms with van der Waals surface area (Å²) in [6, 6.07) is 0. The zero-order valence-electron chi connectivity index (χ0n) is 8.84. The molecular weight excluding hydrogens is 164 g/mol. The predicted molar refractivity (Wildman–Crippen MR) is 55.2 cm³/mol. The van der Waals surface area contributed by atoms with Gasteiger partial charge in [0.1, 0.15) is 0 Å². The van der Waals surface area contributed by atoms with Gasteiger partial charge in [0.25, 0.3) is 0 Å². The highest BCUT2D eigenvalue weighted by Gasteiger charge is 2.04. The molecule has 0 aromatic heterocycles. The van der Waals surface area contributed by atoms with Gasteiger partial charge in [-0.3, -0.25) is 0 Å². The van der Waals surface area contributed by atoms with E-state index >= 15 is 0 Å². The van der Waals surface area contributed by atoms with Gasteiger partial charge in [0.15, 0.2) is 0 Å². The molecule has 0 aliphatic heterocycles. The molecule has 0 saturated heterocycles. The zero-order valence-corrected chi connectivity index (χ0v) is 8.84. The Morgan fingerprint density at radius 1 is 1.08 bits per heavy atom. The van der Waals surface area contributed by atoms with Gasteiger partial charge in [-0.1, -0.05) is 33.3 Å². The standard InChI is InChI=1S/C11H21O2/c1-4-7-9-12-11(6-3)13-10-8-5-2/h6H,3-5,7-10H2,1-2H3. The van der Waals surface area contributed by atoms with E-state index in [2.05, 4.69) is 20.4 Å². The SMILES string of the molecule is C=C[C](OCCCC)OCCCC. The number of hydrogen-bond donors (Lipinski definition) is 0. The van der Waals surface area contributed by atoms with Crippen LogP contribution >= 0.6 is 0 Å². The van der Waals surface area contributed by atoms with E-state index in [0.29, 0.717) is 6.29 Å². The van der Waals surface area contributed by atoms with Crippen LogP contribution in [0, 0.1) is 6.29 Å². The first-order valence-corrected chi connectivity index (χ1v) is 5.10. The van der Waals surface area contributed by atoms with E-state index in [1.807, 2.05) is 0 Å². The van der Waals surface area contributed by atoms with Gasteiger partial charge in [-0.05, 0) is 18.9 Å². The Morgan fingerprint density at radius 2 is 1.54 bits per heavy atom. The van der Waals surface area contributed by atoms with Crippen LogP contribution in [0.25, 0.3) is 0 Å². The molecule has 0 bridgehead atoms. The third kappa shape index (κ3) is 8.00. The van der Waals surface area contributed by atoms with E-state index in [1.54, 1.807) is 6.08 Å². The molecule has 0 N–H and O–H groups in total. The second-order valence-corrected chi connectivity index (χ2v) is 2.93. The summed E-state index contributed by atoms with van der Waals surface area (Å²) in [5, 5.41) is 0. The van der Waals surface area contributed by atoms with Crippen molar-refractivity contribution in [1.82, 2.24) is 0 Å². The largest absolute Gasteiger partial charge is 0.342 e. The number of rotatable bonds is 9. The molecule has 0 aromatic rings. The second kappa shape index (κ2) is 9.75. The van der Waals surface area contributed by atoms with Crippen LogP contribution in [0.5, 0.6) is 0 Å². The van der Waals surface area contributed by atoms with Crippen LogP contribution in [0.3, 0.4) is 0 Å². The van der Waals surface area contributed by atoms with Crippen LogP contribution < -0.4 is 0 Å². The zero-order chi connectivity index (χ0) is 9.94. The van der Waals surface area contributed by atoms with E-state index < -0.39 is 0 Å². The molecule has 0 aliphatic rings. The van der Waals surface area contributed by atoms with Crippen molar-refractivity contribution in [3.8, 4) is 0 Å². The Hall–Kier alpha value is -0.340. The van der Waals surface area contributed by atoms with Gasteiger partial charge in [-0.25, -0.2) is 0 Å². The lowest BCUT2D eigenvalue weighted by atomic mass is 10.3. The van der Waals surface area contributed by atoms with Crippen molar-refractivity contribution in [2.24, 2.45) is 0 Å². The van der Waals surface area contributed by atoms with Gasteiger partial charge >= 0.3 is 0 Å². The van der Waals surface area contributed by atoms with Crippen LogP contribution in [0.1, 0.15) is 39.5 Å². The summed E-state index contributed by atoms with van der Waals surface area (Å²) in [5.41, 5.74) is 0. The summed E-state index contributed by atoms with van der Waals surface area (Å²) >= 11 is 0. The Morgan fingerprint density at radius 3 is 1.85 bits per heavy atom. The number of unbranched alkanes of at least 4 members (excludes halogenated alkanes) is 2. The Balaban J connectivity index is 3.34. The second-order valence-electron chi connectivity index (χ2n) is 2.93. The van der Waals surface area contributed by atoms with Crippen molar-refractivity contribution in [3.05, 3.63) is 18.9 Å². The maximum atomic E-state index is 5.35. The highest BCUT2D eigenvalue weighted by molar-refractivity contribution is 4.88. The highest BCUT2D eigenvalue weighted by atomic mass is 16.7. The third-order valence-corrected chi connectivity index (χ3v) is 1.65. The summed E-state index contributed by atoms with van der Waals surface area (Å²) in [7, 11) is 0. The fourth-order valence-electron chi connectivity index (χ4n) is 0.794. The minimum atomic E-state index is 0.571. The van der Waals surface area contributed by atoms with Crippen molar-refractivity contribution in [2.45, 2.75) is 39.5 Å². The van der Waals surface area contributed by atoms with Crippen molar-refractivity contribution in [1.29, 1.82) is 0 Å². The van der Waals surface area contributed by atoms with Crippen LogP contribution in [0.2, 0.25) is 0 Å². The summed E-state index contributed by atoms with van der Waals surface area (Å²) in [6.07, 6.45) is 6.61. The molecule has 0 unspecified atom stereocenters. The van der Waals surface area contributed by atoms with Gasteiger partial charge in [0.05, 0.1) is 13.2 Å². The van der Waals surface area contributed by atoms with Crippen LogP contribution in [0.15, 0.2) is 12.7 Å². The van der Waals surface area contributed by atoms with E-state index in [-0.39, 0.29) is 0 Å². The first-order chi connectivity index (χ1) is 6.35. The molecule has 0 fully saturated rings. The van der Waals surface area contributed by atoms with Gasteiger partial charge in [0, 0.05) is 0 Å². The quantitative estimate of drug-likeness (QED) is 0.513. The molecule has 0 amide bonds. The average Bonchev–Trinajstić information content (AvgIpc) is 2.16. The third-order valence-electron chi connectivity index (χ3n) is 1.65. The monoisotopic (exact) mass is 185 g/mol. The van der Waals surface area contributed by atoms with Gasteiger partial charge in [-0.15, -0.1) is 0 Å². The predicted octanol–water partition coefficient (Wildman–Crippen LogP) is 3.30. The fourth-order valence-corrected chi connectivity index (χ4v) is 0.794. The first kappa shape index (κ1) is 12.7. The lowest BCUT2D eigenvalue weighted by Crippen LogP contribution is -2.07. The van der Waals surface area contributed by atoms with Crippen molar-refractivity contribution in [2.75, 3.05) is 13.2 Å². The van der Waals surface area contributed by atoms with Gasteiger partial charge in [0.2, 0.25) is 6.29 Å². The molecule has 0 atom stereocenters. The minimum Gasteiger partial charge on any atom is -0.342 e. The Bertz CT molecular complexity index is 103. The number of ether oxygens (including phenoxy) is 2. The normalized spacial score (nSPS) is 10.7. The van der Waals surface area contributed by atoms with Crippen LogP contribution in [0.4, 0.5) is 0 Å². The van der Waals surface area contributed by atoms with Gasteiger partial charge < -0.3 is 9.47 Å². The van der Waals surface area contributed by atoms with Crippen LogP contribution in [-0.4, -0.2) is 13.2 Å². The lowest BCUT2D eigenvalue weighted by molar-refractivity contribution is -0.0232. The molecule has 13 heavy (non-hydrogen) atoms. The molecule has 77 valence electrons. The van der Waals surface area contributed by atoms with Gasteiger partial charge in [-0.2, -0.15) is 0 Å².